The highest BCUT2D eigenvalue weighted by Crippen LogP contribution is 2.39. The number of halogens is 3. The molecule has 4 rings (SSSR count). The number of methoxy groups -OCH3 is 1. The highest BCUT2D eigenvalue weighted by atomic mass is 19.4. The van der Waals surface area contributed by atoms with Gasteiger partial charge in [0.2, 0.25) is 0 Å². The Morgan fingerprint density at radius 1 is 0.935 bits per heavy atom. The summed E-state index contributed by atoms with van der Waals surface area (Å²) in [5.74, 6) is -0.790. The van der Waals surface area contributed by atoms with Crippen LogP contribution in [0.5, 0.6) is 5.75 Å². The summed E-state index contributed by atoms with van der Waals surface area (Å²) in [6.45, 7) is 1.61. The summed E-state index contributed by atoms with van der Waals surface area (Å²) < 4.78 is 49.5. The number of carbonyl (C=O) groups is 2. The second-order valence-corrected chi connectivity index (χ2v) is 7.01. The number of rotatable bonds is 4. The van der Waals surface area contributed by atoms with E-state index in [-0.39, 0.29) is 17.0 Å². The van der Waals surface area contributed by atoms with Crippen LogP contribution in [0.1, 0.15) is 11.1 Å². The van der Waals surface area contributed by atoms with Crippen LogP contribution in [0.15, 0.2) is 54.2 Å². The van der Waals surface area contributed by atoms with Gasteiger partial charge >= 0.3 is 6.18 Å². The summed E-state index contributed by atoms with van der Waals surface area (Å²) in [5.41, 5.74) is 0.00140. The fourth-order valence-electron chi connectivity index (χ4n) is 3.73. The molecule has 0 bridgehead atoms. The number of benzene rings is 2. The molecule has 2 aliphatic rings. The Morgan fingerprint density at radius 2 is 1.58 bits per heavy atom. The van der Waals surface area contributed by atoms with E-state index in [1.165, 1.54) is 7.11 Å². The number of imide groups is 1. The van der Waals surface area contributed by atoms with Gasteiger partial charge in [-0.1, -0.05) is 18.2 Å². The van der Waals surface area contributed by atoms with Crippen molar-refractivity contribution in [1.29, 1.82) is 0 Å². The molecule has 0 N–H and O–H groups in total. The molecule has 2 aliphatic heterocycles. The minimum Gasteiger partial charge on any atom is -0.496 e. The number of carbonyl (C=O) groups excluding carboxylic acids is 2. The van der Waals surface area contributed by atoms with Crippen LogP contribution >= 0.6 is 0 Å². The van der Waals surface area contributed by atoms with Crippen molar-refractivity contribution in [3.8, 4) is 5.75 Å². The third kappa shape index (κ3) is 3.76. The zero-order chi connectivity index (χ0) is 22.2. The molecule has 31 heavy (non-hydrogen) atoms. The summed E-state index contributed by atoms with van der Waals surface area (Å²) >= 11 is 0. The van der Waals surface area contributed by atoms with E-state index in [2.05, 4.69) is 0 Å². The van der Waals surface area contributed by atoms with Crippen LogP contribution in [0.2, 0.25) is 0 Å². The van der Waals surface area contributed by atoms with E-state index in [0.29, 0.717) is 37.6 Å². The smallest absolute Gasteiger partial charge is 0.416 e. The van der Waals surface area contributed by atoms with Gasteiger partial charge in [0.05, 0.1) is 37.1 Å². The molecule has 6 nitrogen and oxygen atoms in total. The molecule has 1 fully saturated rings. The maximum Gasteiger partial charge on any atom is 0.416 e. The van der Waals surface area contributed by atoms with Crippen LogP contribution in [0.4, 0.5) is 18.9 Å². The van der Waals surface area contributed by atoms with E-state index in [9.17, 15) is 22.8 Å². The first-order valence-corrected chi connectivity index (χ1v) is 9.59. The SMILES string of the molecule is COc1ccccc1C1=C(N2CCOCC2)C(=O)N(c2ccc(C(F)(F)F)cc2)C1=O. The number of alkyl halides is 3. The molecule has 9 heteroatoms. The first-order valence-electron chi connectivity index (χ1n) is 9.59. The number of hydrogen-bond donors (Lipinski definition) is 0. The van der Waals surface area contributed by atoms with Crippen molar-refractivity contribution in [3.63, 3.8) is 0 Å². The van der Waals surface area contributed by atoms with Crippen molar-refractivity contribution in [3.05, 3.63) is 65.4 Å². The molecule has 0 saturated carbocycles. The summed E-state index contributed by atoms with van der Waals surface area (Å²) in [7, 11) is 1.46. The fourth-order valence-corrected chi connectivity index (χ4v) is 3.73. The molecule has 1 saturated heterocycles. The van der Waals surface area contributed by atoms with Crippen LogP contribution in [-0.2, 0) is 20.5 Å². The number of morpholine rings is 1. The molecule has 2 aromatic carbocycles. The monoisotopic (exact) mass is 432 g/mol. The van der Waals surface area contributed by atoms with Crippen molar-refractivity contribution >= 4 is 23.1 Å². The van der Waals surface area contributed by atoms with Crippen LogP contribution in [-0.4, -0.2) is 50.1 Å². The molecule has 0 unspecified atom stereocenters. The molecular formula is C22H19F3N2O4. The van der Waals surface area contributed by atoms with E-state index in [1.807, 2.05) is 0 Å². The Bertz CT molecular complexity index is 1040. The van der Waals surface area contributed by atoms with Gasteiger partial charge in [0.15, 0.2) is 0 Å². The predicted octanol–water partition coefficient (Wildman–Crippen LogP) is 3.33. The zero-order valence-corrected chi connectivity index (χ0v) is 16.6. The standard InChI is InChI=1S/C22H19F3N2O4/c1-30-17-5-3-2-4-16(17)18-19(26-10-12-31-13-11-26)21(29)27(20(18)28)15-8-6-14(7-9-15)22(23,24)25/h2-9H,10-13H2,1H3. The van der Waals surface area contributed by atoms with Gasteiger partial charge in [0.1, 0.15) is 11.4 Å². The number of anilines is 1. The van der Waals surface area contributed by atoms with Crippen molar-refractivity contribution in [2.75, 3.05) is 38.3 Å². The maximum absolute atomic E-state index is 13.4. The molecule has 0 atom stereocenters. The molecule has 0 aliphatic carbocycles. The highest BCUT2D eigenvalue weighted by molar-refractivity contribution is 6.45. The summed E-state index contributed by atoms with van der Waals surface area (Å²) in [6.07, 6.45) is -4.52. The summed E-state index contributed by atoms with van der Waals surface area (Å²) in [6, 6.07) is 10.8. The Balaban J connectivity index is 1.81. The number of hydrogen-bond acceptors (Lipinski definition) is 5. The quantitative estimate of drug-likeness (QED) is 0.694. The lowest BCUT2D eigenvalue weighted by molar-refractivity contribution is -0.137. The van der Waals surface area contributed by atoms with Gasteiger partial charge in [-0.15, -0.1) is 0 Å². The molecular weight excluding hydrogens is 413 g/mol. The van der Waals surface area contributed by atoms with Crippen LogP contribution in [0, 0.1) is 0 Å². The lowest BCUT2D eigenvalue weighted by atomic mass is 10.0. The molecule has 162 valence electrons. The maximum atomic E-state index is 13.4. The van der Waals surface area contributed by atoms with E-state index in [4.69, 9.17) is 9.47 Å². The first kappa shape index (κ1) is 20.9. The highest BCUT2D eigenvalue weighted by Gasteiger charge is 2.44. The number of ether oxygens (including phenoxy) is 2. The number of nitrogens with zero attached hydrogens (tertiary/aromatic N) is 2. The Morgan fingerprint density at radius 3 is 2.19 bits per heavy atom. The lowest BCUT2D eigenvalue weighted by Gasteiger charge is -2.29. The summed E-state index contributed by atoms with van der Waals surface area (Å²) in [5, 5.41) is 0. The Hall–Kier alpha value is -3.33. The van der Waals surface area contributed by atoms with E-state index in [0.717, 1.165) is 29.2 Å². The van der Waals surface area contributed by atoms with Gasteiger partial charge in [0, 0.05) is 18.7 Å². The van der Waals surface area contributed by atoms with Gasteiger partial charge in [-0.3, -0.25) is 9.59 Å². The van der Waals surface area contributed by atoms with Gasteiger partial charge in [0.25, 0.3) is 11.8 Å². The first-order chi connectivity index (χ1) is 14.8. The van der Waals surface area contributed by atoms with Crippen LogP contribution in [0.3, 0.4) is 0 Å². The van der Waals surface area contributed by atoms with Gasteiger partial charge in [-0.05, 0) is 30.3 Å². The zero-order valence-electron chi connectivity index (χ0n) is 16.6. The third-order valence-corrected chi connectivity index (χ3v) is 5.22. The number of para-hydroxylation sites is 1. The second-order valence-electron chi connectivity index (χ2n) is 7.01. The Kier molecular flexibility index (Phi) is 5.45. The molecule has 0 radical (unpaired) electrons. The predicted molar refractivity (Wildman–Crippen MR) is 106 cm³/mol. The molecule has 0 spiro atoms. The number of amides is 2. The van der Waals surface area contributed by atoms with Crippen LogP contribution in [0.25, 0.3) is 5.57 Å². The second kappa shape index (κ2) is 8.07. The van der Waals surface area contributed by atoms with Crippen molar-refractivity contribution < 1.29 is 32.2 Å². The molecule has 0 aromatic heterocycles. The minimum absolute atomic E-state index is 0.0682. The van der Waals surface area contributed by atoms with E-state index in [1.54, 1.807) is 29.2 Å². The Labute approximate surface area is 176 Å². The van der Waals surface area contributed by atoms with Gasteiger partial charge in [-0.25, -0.2) is 4.90 Å². The molecule has 2 aromatic rings. The van der Waals surface area contributed by atoms with E-state index >= 15 is 0 Å². The third-order valence-electron chi connectivity index (χ3n) is 5.22. The summed E-state index contributed by atoms with van der Waals surface area (Å²) in [4.78, 5) is 29.5. The molecule has 2 heterocycles. The normalized spacial score (nSPS) is 17.5. The molecule has 2 amide bonds. The van der Waals surface area contributed by atoms with Crippen molar-refractivity contribution in [1.82, 2.24) is 4.90 Å². The van der Waals surface area contributed by atoms with Gasteiger partial charge < -0.3 is 14.4 Å². The largest absolute Gasteiger partial charge is 0.496 e. The van der Waals surface area contributed by atoms with Crippen LogP contribution < -0.4 is 9.64 Å². The lowest BCUT2D eigenvalue weighted by Crippen LogP contribution is -2.40. The van der Waals surface area contributed by atoms with Crippen molar-refractivity contribution in [2.45, 2.75) is 6.18 Å². The topological polar surface area (TPSA) is 59.1 Å². The van der Waals surface area contributed by atoms with Crippen molar-refractivity contribution in [2.24, 2.45) is 0 Å². The van der Waals surface area contributed by atoms with E-state index < -0.39 is 23.6 Å². The average molecular weight is 432 g/mol. The van der Waals surface area contributed by atoms with Gasteiger partial charge in [-0.2, -0.15) is 13.2 Å². The minimum atomic E-state index is -4.52. The average Bonchev–Trinajstić information content (AvgIpc) is 3.03. The fraction of sp³-hybridized carbons (Fsp3) is 0.273.